The van der Waals surface area contributed by atoms with Crippen LogP contribution in [0.3, 0.4) is 0 Å². The summed E-state index contributed by atoms with van der Waals surface area (Å²) in [5.74, 6) is 0.573. The molecule has 0 aliphatic heterocycles. The van der Waals surface area contributed by atoms with Crippen LogP contribution in [0.2, 0.25) is 0 Å². The normalized spacial score (nSPS) is 12.8. The van der Waals surface area contributed by atoms with Crippen LogP contribution in [0.25, 0.3) is 0 Å². The molecular formula is C13H20N2O2. The van der Waals surface area contributed by atoms with E-state index in [9.17, 15) is 10.1 Å². The molecule has 2 N–H and O–H groups in total. The van der Waals surface area contributed by atoms with Crippen molar-refractivity contribution >= 4 is 5.69 Å². The van der Waals surface area contributed by atoms with Gasteiger partial charge in [0.1, 0.15) is 0 Å². The van der Waals surface area contributed by atoms with Crippen LogP contribution in [0.5, 0.6) is 0 Å². The molecule has 17 heavy (non-hydrogen) atoms. The maximum absolute atomic E-state index is 10.7. The highest BCUT2D eigenvalue weighted by atomic mass is 16.6. The van der Waals surface area contributed by atoms with E-state index in [-0.39, 0.29) is 16.7 Å². The van der Waals surface area contributed by atoms with Crippen LogP contribution in [-0.2, 0) is 6.42 Å². The summed E-state index contributed by atoms with van der Waals surface area (Å²) in [5, 5.41) is 10.7. The van der Waals surface area contributed by atoms with Gasteiger partial charge in [-0.15, -0.1) is 0 Å². The minimum Gasteiger partial charge on any atom is -0.327 e. The minimum absolute atomic E-state index is 0.121. The van der Waals surface area contributed by atoms with Crippen molar-refractivity contribution < 1.29 is 4.92 Å². The lowest BCUT2D eigenvalue weighted by Crippen LogP contribution is -2.24. The zero-order chi connectivity index (χ0) is 13.0. The molecule has 0 amide bonds. The second-order valence-electron chi connectivity index (χ2n) is 4.97. The Kier molecular flexibility index (Phi) is 4.63. The van der Waals surface area contributed by atoms with Crippen LogP contribution in [0.4, 0.5) is 5.69 Å². The zero-order valence-corrected chi connectivity index (χ0v) is 10.6. The molecule has 4 heteroatoms. The number of nitro benzene ring substituents is 1. The van der Waals surface area contributed by atoms with Gasteiger partial charge in [-0.2, -0.15) is 0 Å². The highest BCUT2D eigenvalue weighted by molar-refractivity contribution is 5.41. The Hall–Kier alpha value is -1.42. The smallest absolute Gasteiger partial charge is 0.272 e. The summed E-state index contributed by atoms with van der Waals surface area (Å²) in [6.45, 7) is 6.04. The number of nitrogens with two attached hydrogens (primary N) is 1. The van der Waals surface area contributed by atoms with E-state index in [4.69, 9.17) is 5.73 Å². The van der Waals surface area contributed by atoms with Crippen molar-refractivity contribution in [3.8, 4) is 0 Å². The van der Waals surface area contributed by atoms with Gasteiger partial charge in [-0.25, -0.2) is 0 Å². The van der Waals surface area contributed by atoms with Crippen molar-refractivity contribution in [1.29, 1.82) is 0 Å². The SMILES string of the molecule is Cc1cc(CC(N)CC(C)C)ccc1[N+](=O)[O-]. The summed E-state index contributed by atoms with van der Waals surface area (Å²) in [6, 6.07) is 5.34. The van der Waals surface area contributed by atoms with Gasteiger partial charge in [0.05, 0.1) is 4.92 Å². The van der Waals surface area contributed by atoms with Crippen molar-refractivity contribution in [2.45, 2.75) is 39.7 Å². The van der Waals surface area contributed by atoms with Crippen LogP contribution in [0.1, 0.15) is 31.4 Å². The molecule has 0 aliphatic carbocycles. The average molecular weight is 236 g/mol. The van der Waals surface area contributed by atoms with Crippen molar-refractivity contribution in [1.82, 2.24) is 0 Å². The molecule has 0 fully saturated rings. The molecule has 0 bridgehead atoms. The first-order valence-corrected chi connectivity index (χ1v) is 5.89. The first kappa shape index (κ1) is 13.6. The molecule has 94 valence electrons. The third-order valence-corrected chi connectivity index (χ3v) is 2.73. The van der Waals surface area contributed by atoms with Gasteiger partial charge in [-0.05, 0) is 37.3 Å². The van der Waals surface area contributed by atoms with Gasteiger partial charge in [0, 0.05) is 17.7 Å². The van der Waals surface area contributed by atoms with Crippen LogP contribution < -0.4 is 5.73 Å². The predicted molar refractivity (Wildman–Crippen MR) is 69.0 cm³/mol. The summed E-state index contributed by atoms with van der Waals surface area (Å²) in [5.41, 5.74) is 7.96. The molecule has 4 nitrogen and oxygen atoms in total. The second kappa shape index (κ2) is 5.77. The minimum atomic E-state index is -0.354. The number of rotatable bonds is 5. The van der Waals surface area contributed by atoms with E-state index in [0.29, 0.717) is 11.5 Å². The van der Waals surface area contributed by atoms with Gasteiger partial charge in [-0.1, -0.05) is 19.9 Å². The largest absolute Gasteiger partial charge is 0.327 e. The van der Waals surface area contributed by atoms with Crippen molar-refractivity contribution in [2.75, 3.05) is 0 Å². The second-order valence-corrected chi connectivity index (χ2v) is 4.97. The van der Waals surface area contributed by atoms with Crippen molar-refractivity contribution in [3.63, 3.8) is 0 Å². The molecule has 0 aliphatic rings. The van der Waals surface area contributed by atoms with Crippen LogP contribution in [0.15, 0.2) is 18.2 Å². The van der Waals surface area contributed by atoms with E-state index in [1.807, 2.05) is 6.07 Å². The number of aryl methyl sites for hydroxylation is 1. The van der Waals surface area contributed by atoms with E-state index in [1.165, 1.54) is 0 Å². The maximum Gasteiger partial charge on any atom is 0.272 e. The Morgan fingerprint density at radius 2 is 2.06 bits per heavy atom. The maximum atomic E-state index is 10.7. The number of benzene rings is 1. The molecule has 1 aromatic carbocycles. The van der Waals surface area contributed by atoms with Crippen LogP contribution in [-0.4, -0.2) is 11.0 Å². The monoisotopic (exact) mass is 236 g/mol. The van der Waals surface area contributed by atoms with E-state index in [2.05, 4.69) is 13.8 Å². The Bertz CT molecular complexity index is 402. The standard InChI is InChI=1S/C13H20N2O2/c1-9(2)6-12(14)8-11-4-5-13(15(16)17)10(3)7-11/h4-5,7,9,12H,6,8,14H2,1-3H3. The molecule has 1 atom stereocenters. The molecule has 0 saturated carbocycles. The molecule has 1 aromatic rings. The molecule has 1 unspecified atom stereocenters. The van der Waals surface area contributed by atoms with Gasteiger partial charge in [0.2, 0.25) is 0 Å². The quantitative estimate of drug-likeness (QED) is 0.631. The Morgan fingerprint density at radius 1 is 1.41 bits per heavy atom. The number of nitrogens with zero attached hydrogens (tertiary/aromatic N) is 1. The van der Waals surface area contributed by atoms with Crippen molar-refractivity contribution in [2.24, 2.45) is 11.7 Å². The Labute approximate surface area is 102 Å². The van der Waals surface area contributed by atoms with E-state index in [1.54, 1.807) is 19.1 Å². The lowest BCUT2D eigenvalue weighted by atomic mass is 9.97. The average Bonchev–Trinajstić information content (AvgIpc) is 2.15. The van der Waals surface area contributed by atoms with Crippen molar-refractivity contribution in [3.05, 3.63) is 39.4 Å². The molecular weight excluding hydrogens is 216 g/mol. The fraction of sp³-hybridized carbons (Fsp3) is 0.538. The van der Waals surface area contributed by atoms with E-state index < -0.39 is 0 Å². The first-order chi connectivity index (χ1) is 7.90. The summed E-state index contributed by atoms with van der Waals surface area (Å²) in [4.78, 5) is 10.3. The van der Waals surface area contributed by atoms with Gasteiger partial charge in [0.15, 0.2) is 0 Å². The lowest BCUT2D eigenvalue weighted by Gasteiger charge is -2.14. The summed E-state index contributed by atoms with van der Waals surface area (Å²) < 4.78 is 0. The summed E-state index contributed by atoms with van der Waals surface area (Å²) in [6.07, 6.45) is 1.74. The van der Waals surface area contributed by atoms with Crippen LogP contribution in [0, 0.1) is 23.0 Å². The third-order valence-electron chi connectivity index (χ3n) is 2.73. The lowest BCUT2D eigenvalue weighted by molar-refractivity contribution is -0.385. The summed E-state index contributed by atoms with van der Waals surface area (Å²) in [7, 11) is 0. The fourth-order valence-corrected chi connectivity index (χ4v) is 2.04. The fourth-order valence-electron chi connectivity index (χ4n) is 2.04. The molecule has 0 heterocycles. The van der Waals surface area contributed by atoms with E-state index in [0.717, 1.165) is 18.4 Å². The predicted octanol–water partition coefficient (Wildman–Crippen LogP) is 2.82. The van der Waals surface area contributed by atoms with E-state index >= 15 is 0 Å². The Balaban J connectivity index is 2.74. The molecule has 0 radical (unpaired) electrons. The number of nitro groups is 1. The number of hydrogen-bond donors (Lipinski definition) is 1. The summed E-state index contributed by atoms with van der Waals surface area (Å²) >= 11 is 0. The highest BCUT2D eigenvalue weighted by Gasteiger charge is 2.12. The molecule has 0 aromatic heterocycles. The zero-order valence-electron chi connectivity index (χ0n) is 10.6. The molecule has 0 spiro atoms. The van der Waals surface area contributed by atoms with Gasteiger partial charge < -0.3 is 5.73 Å². The first-order valence-electron chi connectivity index (χ1n) is 5.89. The molecule has 1 rings (SSSR count). The number of hydrogen-bond acceptors (Lipinski definition) is 3. The van der Waals surface area contributed by atoms with Gasteiger partial charge in [0.25, 0.3) is 5.69 Å². The topological polar surface area (TPSA) is 69.2 Å². The highest BCUT2D eigenvalue weighted by Crippen LogP contribution is 2.20. The van der Waals surface area contributed by atoms with Gasteiger partial charge in [-0.3, -0.25) is 10.1 Å². The van der Waals surface area contributed by atoms with Crippen LogP contribution >= 0.6 is 0 Å². The molecule has 0 saturated heterocycles. The third kappa shape index (κ3) is 4.15. The van der Waals surface area contributed by atoms with Gasteiger partial charge >= 0.3 is 0 Å². The Morgan fingerprint density at radius 3 is 2.53 bits per heavy atom.